The molecular weight excluding hydrogens is 333 g/mol. The van der Waals surface area contributed by atoms with Crippen molar-refractivity contribution in [3.05, 3.63) is 12.2 Å². The van der Waals surface area contributed by atoms with Crippen molar-refractivity contribution in [1.82, 2.24) is 4.90 Å². The SMILES string of the molecule is CN1CCOC12CC=[C-]CC2.[Pt]. The molecule has 0 aromatic rings. The first kappa shape index (κ1) is 10.4. The second-order valence-electron chi connectivity index (χ2n) is 3.33. The minimum atomic E-state index is 0. The molecule has 0 N–H and O–H groups in total. The molecule has 0 aromatic heterocycles. The molecule has 0 aromatic carbocycles. The summed E-state index contributed by atoms with van der Waals surface area (Å²) in [6.45, 7) is 1.97. The van der Waals surface area contributed by atoms with E-state index in [0.29, 0.717) is 0 Å². The van der Waals surface area contributed by atoms with Crippen LogP contribution in [0.2, 0.25) is 0 Å². The van der Waals surface area contributed by atoms with Crippen molar-refractivity contribution in [2.24, 2.45) is 0 Å². The quantitative estimate of drug-likeness (QED) is 0.611. The van der Waals surface area contributed by atoms with E-state index in [1.54, 1.807) is 0 Å². The minimum Gasteiger partial charge on any atom is -0.500 e. The Labute approximate surface area is 88.2 Å². The molecule has 1 unspecified atom stereocenters. The van der Waals surface area contributed by atoms with Crippen molar-refractivity contribution in [3.8, 4) is 0 Å². The number of hydrogen-bond donors (Lipinski definition) is 0. The van der Waals surface area contributed by atoms with E-state index >= 15 is 0 Å². The molecular formula is C9H14NOPt-. The van der Waals surface area contributed by atoms with Gasteiger partial charge in [0.1, 0.15) is 5.72 Å². The van der Waals surface area contributed by atoms with Gasteiger partial charge in [-0.15, -0.1) is 0 Å². The molecule has 0 saturated carbocycles. The second kappa shape index (κ2) is 4.04. The van der Waals surface area contributed by atoms with Crippen molar-refractivity contribution in [2.45, 2.75) is 25.0 Å². The normalized spacial score (nSPS) is 35.4. The molecule has 12 heavy (non-hydrogen) atoms. The third-order valence-corrected chi connectivity index (χ3v) is 2.72. The predicted molar refractivity (Wildman–Crippen MR) is 43.0 cm³/mol. The van der Waals surface area contributed by atoms with E-state index in [4.69, 9.17) is 4.74 Å². The van der Waals surface area contributed by atoms with Gasteiger partial charge >= 0.3 is 0 Å². The first-order chi connectivity index (χ1) is 5.33. The first-order valence-corrected chi connectivity index (χ1v) is 4.24. The van der Waals surface area contributed by atoms with Crippen LogP contribution in [0.5, 0.6) is 0 Å². The Morgan fingerprint density at radius 3 is 2.92 bits per heavy atom. The van der Waals surface area contributed by atoms with Gasteiger partial charge in [0.2, 0.25) is 0 Å². The number of likely N-dealkylation sites (N-methyl/N-ethyl adjacent to an activating group) is 1. The van der Waals surface area contributed by atoms with E-state index in [2.05, 4.69) is 24.1 Å². The standard InChI is InChI=1S/C9H14NO.Pt/c1-10-7-8-11-9(10)5-3-2-4-6-9;/h3H,4-8H2,1H3;/q-1;. The maximum atomic E-state index is 5.75. The van der Waals surface area contributed by atoms with Gasteiger partial charge < -0.3 is 10.8 Å². The van der Waals surface area contributed by atoms with Crippen LogP contribution in [-0.4, -0.2) is 30.8 Å². The number of ether oxygens (including phenoxy) is 1. The van der Waals surface area contributed by atoms with Gasteiger partial charge in [-0.05, 0) is 19.9 Å². The third kappa shape index (κ3) is 1.66. The fraction of sp³-hybridized carbons (Fsp3) is 0.778. The topological polar surface area (TPSA) is 12.5 Å². The van der Waals surface area contributed by atoms with Crippen LogP contribution in [0.3, 0.4) is 0 Å². The largest absolute Gasteiger partial charge is 0.500 e. The molecule has 1 heterocycles. The molecule has 72 valence electrons. The van der Waals surface area contributed by atoms with Crippen LogP contribution in [0.4, 0.5) is 0 Å². The molecule has 0 amide bonds. The molecule has 1 spiro atoms. The summed E-state index contributed by atoms with van der Waals surface area (Å²) in [5, 5.41) is 0. The van der Waals surface area contributed by atoms with E-state index in [-0.39, 0.29) is 26.8 Å². The van der Waals surface area contributed by atoms with Gasteiger partial charge in [0, 0.05) is 27.6 Å². The zero-order chi connectivity index (χ0) is 7.73. The molecule has 2 rings (SSSR count). The minimum absolute atomic E-state index is 0. The van der Waals surface area contributed by atoms with Crippen LogP contribution in [-0.2, 0) is 25.8 Å². The first-order valence-electron chi connectivity index (χ1n) is 4.24. The van der Waals surface area contributed by atoms with Gasteiger partial charge in [-0.25, -0.2) is 0 Å². The Morgan fingerprint density at radius 2 is 2.42 bits per heavy atom. The van der Waals surface area contributed by atoms with E-state index in [0.717, 1.165) is 32.4 Å². The summed E-state index contributed by atoms with van der Waals surface area (Å²) < 4.78 is 5.75. The summed E-state index contributed by atoms with van der Waals surface area (Å²) >= 11 is 0. The number of rotatable bonds is 0. The number of allylic oxidation sites excluding steroid dienone is 1. The Balaban J connectivity index is 0.000000720. The van der Waals surface area contributed by atoms with Gasteiger partial charge in [-0.3, -0.25) is 11.0 Å². The summed E-state index contributed by atoms with van der Waals surface area (Å²) in [5.74, 6) is 0. The fourth-order valence-corrected chi connectivity index (χ4v) is 1.87. The van der Waals surface area contributed by atoms with Gasteiger partial charge in [0.05, 0.1) is 6.61 Å². The van der Waals surface area contributed by atoms with Gasteiger partial charge in [0.25, 0.3) is 0 Å². The molecule has 1 saturated heterocycles. The van der Waals surface area contributed by atoms with E-state index < -0.39 is 0 Å². The average Bonchev–Trinajstić information content (AvgIpc) is 2.36. The van der Waals surface area contributed by atoms with E-state index in [1.165, 1.54) is 0 Å². The molecule has 1 fully saturated rings. The molecule has 3 heteroatoms. The molecule has 1 atom stereocenters. The number of hydrogen-bond acceptors (Lipinski definition) is 2. The molecule has 0 bridgehead atoms. The van der Waals surface area contributed by atoms with Gasteiger partial charge in [-0.2, -0.15) is 6.42 Å². The summed E-state index contributed by atoms with van der Waals surface area (Å²) in [7, 11) is 2.14. The molecule has 2 aliphatic rings. The van der Waals surface area contributed by atoms with Crippen LogP contribution < -0.4 is 0 Å². The van der Waals surface area contributed by atoms with Crippen molar-refractivity contribution in [1.29, 1.82) is 0 Å². The van der Waals surface area contributed by atoms with Crippen LogP contribution >= 0.6 is 0 Å². The third-order valence-electron chi connectivity index (χ3n) is 2.72. The summed E-state index contributed by atoms with van der Waals surface area (Å²) in [6, 6.07) is 0. The Bertz CT molecular complexity index is 183. The van der Waals surface area contributed by atoms with E-state index in [9.17, 15) is 0 Å². The Morgan fingerprint density at radius 1 is 1.58 bits per heavy atom. The fourth-order valence-electron chi connectivity index (χ4n) is 1.87. The monoisotopic (exact) mass is 347 g/mol. The van der Waals surface area contributed by atoms with E-state index in [1.807, 2.05) is 0 Å². The number of nitrogens with zero attached hydrogens (tertiary/aromatic N) is 1. The zero-order valence-corrected chi connectivity index (χ0v) is 9.56. The maximum absolute atomic E-state index is 5.75. The van der Waals surface area contributed by atoms with Gasteiger partial charge in [-0.1, -0.05) is 0 Å². The maximum Gasteiger partial charge on any atom is 0.120 e. The van der Waals surface area contributed by atoms with Crippen LogP contribution in [0.15, 0.2) is 6.08 Å². The zero-order valence-electron chi connectivity index (χ0n) is 7.28. The predicted octanol–water partition coefficient (Wildman–Crippen LogP) is 1.19. The van der Waals surface area contributed by atoms with Crippen LogP contribution in [0.25, 0.3) is 0 Å². The van der Waals surface area contributed by atoms with Crippen molar-refractivity contribution >= 4 is 0 Å². The van der Waals surface area contributed by atoms with Crippen molar-refractivity contribution in [3.63, 3.8) is 0 Å². The Hall–Kier alpha value is 0.348. The molecule has 0 radical (unpaired) electrons. The molecule has 1 aliphatic heterocycles. The summed E-state index contributed by atoms with van der Waals surface area (Å²) in [6.07, 6.45) is 8.52. The van der Waals surface area contributed by atoms with Crippen molar-refractivity contribution in [2.75, 3.05) is 20.2 Å². The van der Waals surface area contributed by atoms with Gasteiger partial charge in [0.15, 0.2) is 0 Å². The van der Waals surface area contributed by atoms with Crippen LogP contribution in [0.1, 0.15) is 19.3 Å². The summed E-state index contributed by atoms with van der Waals surface area (Å²) in [5.41, 5.74) is 0.0469. The van der Waals surface area contributed by atoms with Crippen molar-refractivity contribution < 1.29 is 25.8 Å². The smallest absolute Gasteiger partial charge is 0.120 e. The molecule has 1 aliphatic carbocycles. The molecule has 2 nitrogen and oxygen atoms in total. The summed E-state index contributed by atoms with van der Waals surface area (Å²) in [4.78, 5) is 2.32. The Kier molecular flexibility index (Phi) is 3.51. The second-order valence-corrected chi connectivity index (χ2v) is 3.33. The average molecular weight is 347 g/mol. The van der Waals surface area contributed by atoms with Crippen LogP contribution in [0, 0.1) is 6.08 Å².